The summed E-state index contributed by atoms with van der Waals surface area (Å²) in [4.78, 5) is 12.4. The molecule has 0 radical (unpaired) electrons. The number of piperidine rings is 1. The number of amides is 1. The monoisotopic (exact) mass is 384 g/mol. The van der Waals surface area contributed by atoms with Crippen molar-refractivity contribution >= 4 is 15.9 Å². The van der Waals surface area contributed by atoms with Gasteiger partial charge in [-0.05, 0) is 37.5 Å². The number of nitrogens with zero attached hydrogens (tertiary/aromatic N) is 1. The first-order valence-corrected chi connectivity index (χ1v) is 10.4. The van der Waals surface area contributed by atoms with Gasteiger partial charge in [-0.2, -0.15) is 4.31 Å². The molecule has 0 unspecified atom stereocenters. The molecule has 8 heteroatoms. The number of ether oxygens (including phenoxy) is 2. The van der Waals surface area contributed by atoms with E-state index in [1.165, 1.54) is 10.4 Å². The summed E-state index contributed by atoms with van der Waals surface area (Å²) < 4.78 is 37.1. The van der Waals surface area contributed by atoms with Gasteiger partial charge in [0.1, 0.15) is 0 Å². The van der Waals surface area contributed by atoms with Crippen molar-refractivity contribution in [3.05, 3.63) is 29.8 Å². The molecule has 1 heterocycles. The van der Waals surface area contributed by atoms with Crippen LogP contribution in [0.5, 0.6) is 0 Å². The zero-order valence-electron chi connectivity index (χ0n) is 15.3. The number of carbonyl (C=O) groups excluding carboxylic acids is 1. The smallest absolute Gasteiger partial charge is 0.251 e. The second-order valence-corrected chi connectivity index (χ2v) is 8.15. The average Bonchev–Trinajstić information content (AvgIpc) is 2.68. The highest BCUT2D eigenvalue weighted by molar-refractivity contribution is 7.89. The molecule has 1 aromatic rings. The van der Waals surface area contributed by atoms with Gasteiger partial charge in [0.2, 0.25) is 10.0 Å². The van der Waals surface area contributed by atoms with Crippen molar-refractivity contribution in [1.82, 2.24) is 9.62 Å². The van der Waals surface area contributed by atoms with Gasteiger partial charge in [0.05, 0.1) is 18.1 Å². The van der Waals surface area contributed by atoms with Crippen molar-refractivity contribution in [3.63, 3.8) is 0 Å². The van der Waals surface area contributed by atoms with Crippen LogP contribution < -0.4 is 5.32 Å². The molecule has 1 aliphatic rings. The summed E-state index contributed by atoms with van der Waals surface area (Å²) in [5.74, 6) is -0.280. The van der Waals surface area contributed by atoms with Gasteiger partial charge in [0.15, 0.2) is 0 Å². The predicted octanol–water partition coefficient (Wildman–Crippen LogP) is 1.64. The molecule has 1 N–H and O–H groups in total. The number of nitrogens with one attached hydrogen (secondary N) is 1. The van der Waals surface area contributed by atoms with Crippen molar-refractivity contribution in [2.45, 2.75) is 30.6 Å². The van der Waals surface area contributed by atoms with Crippen LogP contribution in [0.1, 0.15) is 36.0 Å². The van der Waals surface area contributed by atoms with Crippen LogP contribution in [0.25, 0.3) is 0 Å². The highest BCUT2D eigenvalue weighted by atomic mass is 32.2. The van der Waals surface area contributed by atoms with Crippen molar-refractivity contribution in [3.8, 4) is 0 Å². The van der Waals surface area contributed by atoms with Gasteiger partial charge in [-0.3, -0.25) is 4.79 Å². The fraction of sp³-hybridized carbons (Fsp3) is 0.611. The third-order valence-electron chi connectivity index (χ3n) is 4.23. The van der Waals surface area contributed by atoms with E-state index in [1.807, 2.05) is 0 Å². The Morgan fingerprint density at radius 2 is 1.92 bits per heavy atom. The Balaban J connectivity index is 1.88. The molecule has 1 aliphatic heterocycles. The number of carbonyl (C=O) groups is 1. The Morgan fingerprint density at radius 3 is 2.65 bits per heavy atom. The first-order chi connectivity index (χ1) is 12.6. The van der Waals surface area contributed by atoms with Gasteiger partial charge in [-0.15, -0.1) is 0 Å². The summed E-state index contributed by atoms with van der Waals surface area (Å²) in [5.41, 5.74) is 0.350. The molecule has 0 bridgehead atoms. The van der Waals surface area contributed by atoms with Gasteiger partial charge in [0, 0.05) is 38.9 Å². The maximum atomic E-state index is 12.7. The Bertz CT molecular complexity index is 672. The van der Waals surface area contributed by atoms with Crippen LogP contribution in [0.2, 0.25) is 0 Å². The molecular weight excluding hydrogens is 356 g/mol. The molecule has 1 saturated heterocycles. The predicted molar refractivity (Wildman–Crippen MR) is 98.7 cm³/mol. The van der Waals surface area contributed by atoms with Crippen LogP contribution in [0.4, 0.5) is 0 Å². The standard InChI is InChI=1S/C18H28N2O5S/c1-24-13-14-25-12-6-9-19-18(21)16-7-5-8-17(15-16)26(22,23)20-10-3-2-4-11-20/h5,7-8,15H,2-4,6,9-14H2,1H3,(H,19,21). The lowest BCUT2D eigenvalue weighted by atomic mass is 10.2. The van der Waals surface area contributed by atoms with Gasteiger partial charge in [-0.1, -0.05) is 12.5 Å². The minimum atomic E-state index is -3.53. The summed E-state index contributed by atoms with van der Waals surface area (Å²) in [6.07, 6.45) is 3.50. The topological polar surface area (TPSA) is 84.9 Å². The summed E-state index contributed by atoms with van der Waals surface area (Å²) in [7, 11) is -1.92. The van der Waals surface area contributed by atoms with Crippen LogP contribution in [0.15, 0.2) is 29.2 Å². The molecule has 0 atom stereocenters. The van der Waals surface area contributed by atoms with E-state index in [-0.39, 0.29) is 10.8 Å². The third kappa shape index (κ3) is 6.05. The lowest BCUT2D eigenvalue weighted by Crippen LogP contribution is -2.35. The van der Waals surface area contributed by atoms with Crippen molar-refractivity contribution in [1.29, 1.82) is 0 Å². The molecular formula is C18H28N2O5S. The van der Waals surface area contributed by atoms with Gasteiger partial charge >= 0.3 is 0 Å². The largest absolute Gasteiger partial charge is 0.382 e. The second kappa shape index (κ2) is 10.6. The Kier molecular flexibility index (Phi) is 8.50. The highest BCUT2D eigenvalue weighted by Gasteiger charge is 2.26. The van der Waals surface area contributed by atoms with E-state index in [0.717, 1.165) is 19.3 Å². The highest BCUT2D eigenvalue weighted by Crippen LogP contribution is 2.21. The van der Waals surface area contributed by atoms with Crippen molar-refractivity contribution in [2.24, 2.45) is 0 Å². The van der Waals surface area contributed by atoms with Gasteiger partial charge in [-0.25, -0.2) is 8.42 Å². The zero-order valence-corrected chi connectivity index (χ0v) is 16.1. The quantitative estimate of drug-likeness (QED) is 0.620. The lowest BCUT2D eigenvalue weighted by Gasteiger charge is -2.26. The minimum absolute atomic E-state index is 0.176. The van der Waals surface area contributed by atoms with E-state index in [1.54, 1.807) is 25.3 Å². The summed E-state index contributed by atoms with van der Waals surface area (Å²) in [5, 5.41) is 2.79. The Morgan fingerprint density at radius 1 is 1.15 bits per heavy atom. The van der Waals surface area contributed by atoms with E-state index in [9.17, 15) is 13.2 Å². The lowest BCUT2D eigenvalue weighted by molar-refractivity contribution is 0.0688. The van der Waals surface area contributed by atoms with E-state index in [4.69, 9.17) is 9.47 Å². The van der Waals surface area contributed by atoms with E-state index >= 15 is 0 Å². The maximum Gasteiger partial charge on any atom is 0.251 e. The fourth-order valence-corrected chi connectivity index (χ4v) is 4.34. The Labute approximate surface area is 155 Å². The summed E-state index contributed by atoms with van der Waals surface area (Å²) in [6, 6.07) is 6.23. The average molecular weight is 384 g/mol. The van der Waals surface area contributed by atoms with Gasteiger partial charge in [0.25, 0.3) is 5.91 Å². The van der Waals surface area contributed by atoms with E-state index in [0.29, 0.717) is 51.4 Å². The van der Waals surface area contributed by atoms with Gasteiger partial charge < -0.3 is 14.8 Å². The third-order valence-corrected chi connectivity index (χ3v) is 6.13. The van der Waals surface area contributed by atoms with Crippen molar-refractivity contribution < 1.29 is 22.7 Å². The van der Waals surface area contributed by atoms with E-state index in [2.05, 4.69) is 5.32 Å². The van der Waals surface area contributed by atoms with Crippen LogP contribution >= 0.6 is 0 Å². The number of hydrogen-bond acceptors (Lipinski definition) is 5. The number of sulfonamides is 1. The number of hydrogen-bond donors (Lipinski definition) is 1. The normalized spacial score (nSPS) is 15.7. The maximum absolute atomic E-state index is 12.7. The molecule has 1 aromatic carbocycles. The minimum Gasteiger partial charge on any atom is -0.382 e. The number of benzene rings is 1. The first-order valence-electron chi connectivity index (χ1n) is 9.01. The molecule has 0 aliphatic carbocycles. The summed E-state index contributed by atoms with van der Waals surface area (Å²) >= 11 is 0. The Hall–Kier alpha value is -1.48. The molecule has 26 heavy (non-hydrogen) atoms. The van der Waals surface area contributed by atoms with Crippen LogP contribution in [-0.2, 0) is 19.5 Å². The molecule has 0 saturated carbocycles. The summed E-state index contributed by atoms with van der Waals surface area (Å²) in [6.45, 7) is 3.16. The second-order valence-electron chi connectivity index (χ2n) is 6.21. The van der Waals surface area contributed by atoms with Crippen LogP contribution in [0, 0.1) is 0 Å². The molecule has 0 spiro atoms. The fourth-order valence-electron chi connectivity index (χ4n) is 2.77. The van der Waals surface area contributed by atoms with E-state index < -0.39 is 10.0 Å². The molecule has 7 nitrogen and oxygen atoms in total. The molecule has 146 valence electrons. The SMILES string of the molecule is COCCOCCCNC(=O)c1cccc(S(=O)(=O)N2CCCCC2)c1. The number of rotatable bonds is 10. The van der Waals surface area contributed by atoms with Crippen molar-refractivity contribution in [2.75, 3.05) is 46.6 Å². The first kappa shape index (κ1) is 20.8. The molecule has 1 fully saturated rings. The molecule has 0 aromatic heterocycles. The molecule has 2 rings (SSSR count). The number of methoxy groups -OCH3 is 1. The molecule has 1 amide bonds. The van der Waals surface area contributed by atoms with Crippen LogP contribution in [0.3, 0.4) is 0 Å². The van der Waals surface area contributed by atoms with Crippen LogP contribution in [-0.4, -0.2) is 65.2 Å². The zero-order chi connectivity index (χ0) is 18.8.